The Hall–Kier alpha value is -2.68. The molecule has 0 bridgehead atoms. The van der Waals surface area contributed by atoms with E-state index in [2.05, 4.69) is 5.10 Å². The highest BCUT2D eigenvalue weighted by Gasteiger charge is 2.36. The summed E-state index contributed by atoms with van der Waals surface area (Å²) in [5.41, 5.74) is 0.778. The maximum absolute atomic E-state index is 13.0. The second-order valence-corrected chi connectivity index (χ2v) is 8.11. The fraction of sp³-hybridized carbons (Fsp3) is 0.579. The third-order valence-electron chi connectivity index (χ3n) is 4.66. The number of amides is 1. The molecule has 28 heavy (non-hydrogen) atoms. The predicted molar refractivity (Wildman–Crippen MR) is 101 cm³/mol. The normalized spacial score (nSPS) is 15.2. The van der Waals surface area contributed by atoms with Crippen LogP contribution >= 0.6 is 0 Å². The lowest BCUT2D eigenvalue weighted by atomic mass is 9.93. The van der Waals surface area contributed by atoms with Gasteiger partial charge in [0.2, 0.25) is 0 Å². The molecule has 3 rings (SSSR count). The van der Waals surface area contributed by atoms with Gasteiger partial charge < -0.3 is 19.3 Å². The molecule has 9 heteroatoms. The van der Waals surface area contributed by atoms with Gasteiger partial charge in [0.05, 0.1) is 30.5 Å². The van der Waals surface area contributed by atoms with Crippen LogP contribution in [0.2, 0.25) is 0 Å². The zero-order valence-electron chi connectivity index (χ0n) is 16.9. The maximum atomic E-state index is 13.0. The van der Waals surface area contributed by atoms with E-state index in [0.717, 1.165) is 0 Å². The van der Waals surface area contributed by atoms with Gasteiger partial charge in [0.25, 0.3) is 11.5 Å². The van der Waals surface area contributed by atoms with Crippen molar-refractivity contribution in [3.8, 4) is 0 Å². The Morgan fingerprint density at radius 1 is 1.36 bits per heavy atom. The van der Waals surface area contributed by atoms with Gasteiger partial charge in [-0.3, -0.25) is 14.4 Å². The minimum Gasteiger partial charge on any atom is -0.465 e. The zero-order chi connectivity index (χ0) is 20.8. The smallest absolute Gasteiger partial charge is 0.326 e. The van der Waals surface area contributed by atoms with Gasteiger partial charge in [-0.05, 0) is 13.8 Å². The van der Waals surface area contributed by atoms with E-state index in [1.807, 2.05) is 20.8 Å². The Morgan fingerprint density at radius 3 is 2.61 bits per heavy atom. The first-order valence-electron chi connectivity index (χ1n) is 9.33. The van der Waals surface area contributed by atoms with Gasteiger partial charge in [0.1, 0.15) is 17.9 Å². The van der Waals surface area contributed by atoms with Gasteiger partial charge in [0.15, 0.2) is 0 Å². The molecule has 9 nitrogen and oxygen atoms in total. The second kappa shape index (κ2) is 7.05. The summed E-state index contributed by atoms with van der Waals surface area (Å²) in [5.74, 6) is -0.895. The molecule has 0 aliphatic carbocycles. The summed E-state index contributed by atoms with van der Waals surface area (Å²) >= 11 is 0. The van der Waals surface area contributed by atoms with Crippen LogP contribution in [0.4, 0.5) is 0 Å². The molecular weight excluding hydrogens is 364 g/mol. The molecule has 1 aliphatic heterocycles. The van der Waals surface area contributed by atoms with Gasteiger partial charge in [0, 0.05) is 18.0 Å². The summed E-state index contributed by atoms with van der Waals surface area (Å²) in [4.78, 5) is 39.6. The number of rotatable bonds is 5. The van der Waals surface area contributed by atoms with Crippen LogP contribution in [0.25, 0.3) is 5.65 Å². The molecule has 0 saturated heterocycles. The van der Waals surface area contributed by atoms with Crippen molar-refractivity contribution in [2.45, 2.75) is 59.2 Å². The lowest BCUT2D eigenvalue weighted by Gasteiger charge is -2.17. The first-order chi connectivity index (χ1) is 13.0. The van der Waals surface area contributed by atoms with E-state index < -0.39 is 18.0 Å². The summed E-state index contributed by atoms with van der Waals surface area (Å²) < 4.78 is 7.80. The minimum atomic E-state index is -0.733. The summed E-state index contributed by atoms with van der Waals surface area (Å²) in [6.07, 6.45) is -0.733. The average Bonchev–Trinajstić information content (AvgIpc) is 3.15. The number of ether oxygens (including phenoxy) is 1. The van der Waals surface area contributed by atoms with Crippen molar-refractivity contribution in [1.82, 2.24) is 19.1 Å². The van der Waals surface area contributed by atoms with E-state index in [0.29, 0.717) is 11.3 Å². The van der Waals surface area contributed by atoms with Crippen molar-refractivity contribution in [1.29, 1.82) is 0 Å². The molecule has 1 atom stereocenters. The van der Waals surface area contributed by atoms with Crippen LogP contribution in [0.5, 0.6) is 0 Å². The maximum Gasteiger partial charge on any atom is 0.326 e. The van der Waals surface area contributed by atoms with E-state index in [-0.39, 0.29) is 48.5 Å². The summed E-state index contributed by atoms with van der Waals surface area (Å²) in [6, 6.07) is 1.73. The molecule has 1 amide bonds. The van der Waals surface area contributed by atoms with E-state index in [1.165, 1.54) is 14.0 Å². The Bertz CT molecular complexity index is 996. The second-order valence-electron chi connectivity index (χ2n) is 8.11. The lowest BCUT2D eigenvalue weighted by molar-refractivity contribution is -0.143. The largest absolute Gasteiger partial charge is 0.465 e. The van der Waals surface area contributed by atoms with Crippen LogP contribution in [-0.2, 0) is 28.0 Å². The van der Waals surface area contributed by atoms with E-state index in [4.69, 9.17) is 4.74 Å². The predicted octanol–water partition coefficient (Wildman–Crippen LogP) is 0.693. The van der Waals surface area contributed by atoms with Crippen LogP contribution in [-0.4, -0.2) is 55.3 Å². The number of aliphatic hydroxyl groups is 1. The van der Waals surface area contributed by atoms with Crippen LogP contribution in [0.1, 0.15) is 56.4 Å². The van der Waals surface area contributed by atoms with Crippen LogP contribution in [0.3, 0.4) is 0 Å². The third-order valence-corrected chi connectivity index (χ3v) is 4.66. The summed E-state index contributed by atoms with van der Waals surface area (Å²) in [5, 5.41) is 14.1. The molecule has 2 aromatic rings. The number of nitrogens with zero attached hydrogens (tertiary/aromatic N) is 4. The molecule has 0 radical (unpaired) electrons. The third kappa shape index (κ3) is 3.42. The fourth-order valence-electron chi connectivity index (χ4n) is 3.35. The Morgan fingerprint density at radius 2 is 2.04 bits per heavy atom. The van der Waals surface area contributed by atoms with Crippen molar-refractivity contribution in [3.05, 3.63) is 33.4 Å². The molecular formula is C19H26N4O5. The first kappa shape index (κ1) is 20.1. The van der Waals surface area contributed by atoms with E-state index in [1.54, 1.807) is 19.9 Å². The number of aromatic nitrogens is 3. The monoisotopic (exact) mass is 390 g/mol. The number of esters is 1. The number of fused-ring (bicyclic) bond motifs is 2. The molecule has 0 unspecified atom stereocenters. The van der Waals surface area contributed by atoms with Crippen molar-refractivity contribution in [2.75, 3.05) is 13.2 Å². The highest BCUT2D eigenvalue weighted by Crippen LogP contribution is 2.26. The Labute approximate surface area is 162 Å². The number of carbonyl (C=O) groups is 2. The van der Waals surface area contributed by atoms with Crippen molar-refractivity contribution < 1.29 is 19.4 Å². The van der Waals surface area contributed by atoms with Crippen LogP contribution < -0.4 is 5.56 Å². The number of hydrogen-bond donors (Lipinski definition) is 1. The highest BCUT2D eigenvalue weighted by atomic mass is 16.5. The van der Waals surface area contributed by atoms with Gasteiger partial charge in [-0.15, -0.1) is 0 Å². The zero-order valence-corrected chi connectivity index (χ0v) is 16.9. The number of aliphatic hydroxyl groups excluding tert-OH is 1. The van der Waals surface area contributed by atoms with E-state index >= 15 is 0 Å². The Balaban J connectivity index is 2.24. The molecule has 0 fully saturated rings. The molecule has 2 aromatic heterocycles. The topological polar surface area (TPSA) is 106 Å². The minimum absolute atomic E-state index is 0.0708. The van der Waals surface area contributed by atoms with Gasteiger partial charge in [-0.1, -0.05) is 20.8 Å². The van der Waals surface area contributed by atoms with Crippen molar-refractivity contribution >= 4 is 17.5 Å². The highest BCUT2D eigenvalue weighted by molar-refractivity contribution is 5.97. The van der Waals surface area contributed by atoms with Gasteiger partial charge in [-0.2, -0.15) is 9.61 Å². The van der Waals surface area contributed by atoms with Crippen LogP contribution in [0.15, 0.2) is 10.9 Å². The molecule has 1 aliphatic rings. The van der Waals surface area contributed by atoms with Crippen LogP contribution in [0, 0.1) is 0 Å². The lowest BCUT2D eigenvalue weighted by Crippen LogP contribution is -2.32. The average molecular weight is 390 g/mol. The fourth-order valence-corrected chi connectivity index (χ4v) is 3.35. The number of β-amino-alcohol motifs (C(OH)–C–C–N with tert-alkyl or cyclic N) is 1. The number of carbonyl (C=O) groups excluding carboxylic acids is 2. The summed E-state index contributed by atoms with van der Waals surface area (Å²) in [7, 11) is 0. The summed E-state index contributed by atoms with van der Waals surface area (Å²) in [6.45, 7) is 9.37. The molecule has 0 aromatic carbocycles. The standard InChI is InChI=1S/C19H26N4O5/c1-6-28-15(25)10-22-14-7-13(19(3,4)5)20-23(14)17(26)12-9-21(8-11(2)24)18(27)16(12)22/h7,11,24H,6,8-10H2,1-5H3/t11-/m0/s1. The first-order valence-corrected chi connectivity index (χ1v) is 9.33. The molecule has 0 spiro atoms. The molecule has 3 heterocycles. The molecule has 1 N–H and O–H groups in total. The van der Waals surface area contributed by atoms with Crippen molar-refractivity contribution in [2.24, 2.45) is 0 Å². The molecule has 152 valence electrons. The molecule has 0 saturated carbocycles. The van der Waals surface area contributed by atoms with Crippen molar-refractivity contribution in [3.63, 3.8) is 0 Å². The number of hydrogen-bond acceptors (Lipinski definition) is 6. The van der Waals surface area contributed by atoms with E-state index in [9.17, 15) is 19.5 Å². The Kier molecular flexibility index (Phi) is 5.05. The quantitative estimate of drug-likeness (QED) is 0.753. The van der Waals surface area contributed by atoms with Gasteiger partial charge >= 0.3 is 5.97 Å². The van der Waals surface area contributed by atoms with Gasteiger partial charge in [-0.25, -0.2) is 0 Å². The SMILES string of the molecule is CCOC(=O)Cn1c2c(c(=O)n3nc(C(C)(C)C)cc13)CN(C[C@H](C)O)C2=O.